The summed E-state index contributed by atoms with van der Waals surface area (Å²) in [5, 5.41) is 10.1. The van der Waals surface area contributed by atoms with Gasteiger partial charge in [0.15, 0.2) is 0 Å². The van der Waals surface area contributed by atoms with Gasteiger partial charge in [0.2, 0.25) is 0 Å². The Bertz CT molecular complexity index is 1310. The van der Waals surface area contributed by atoms with Crippen molar-refractivity contribution in [2.75, 3.05) is 13.6 Å². The van der Waals surface area contributed by atoms with Crippen molar-refractivity contribution >= 4 is 17.2 Å². The predicted molar refractivity (Wildman–Crippen MR) is 133 cm³/mol. The van der Waals surface area contributed by atoms with Crippen molar-refractivity contribution in [1.82, 2.24) is 9.88 Å². The van der Waals surface area contributed by atoms with Gasteiger partial charge in [0.05, 0.1) is 23.2 Å². The molecule has 6 heteroatoms. The predicted octanol–water partition coefficient (Wildman–Crippen LogP) is 6.02. The maximum atomic E-state index is 13.8. The van der Waals surface area contributed by atoms with Crippen LogP contribution in [0.5, 0.6) is 5.75 Å². The van der Waals surface area contributed by atoms with Gasteiger partial charge >= 0.3 is 0 Å². The van der Waals surface area contributed by atoms with Crippen molar-refractivity contribution in [3.8, 4) is 11.8 Å². The van der Waals surface area contributed by atoms with E-state index in [1.807, 2.05) is 37.4 Å². The number of likely N-dealkylation sites (N-methyl/N-ethyl adjacent to an activating group) is 1. The first-order valence-corrected chi connectivity index (χ1v) is 11.5. The largest absolute Gasteiger partial charge is 0.484 e. The van der Waals surface area contributed by atoms with Gasteiger partial charge in [-0.3, -0.25) is 9.88 Å². The van der Waals surface area contributed by atoms with E-state index in [1.165, 1.54) is 12.1 Å². The number of aromatic nitrogens is 1. The number of fused-ring (bicyclic) bond motifs is 1. The Morgan fingerprint density at radius 2 is 1.80 bits per heavy atom. The number of ether oxygens (including phenoxy) is 1. The quantitative estimate of drug-likeness (QED) is 0.211. The molecule has 3 aromatic carbocycles. The Morgan fingerprint density at radius 3 is 2.51 bits per heavy atom. The van der Waals surface area contributed by atoms with Crippen LogP contribution < -0.4 is 4.74 Å². The molecule has 0 spiro atoms. The van der Waals surface area contributed by atoms with Crippen molar-refractivity contribution < 1.29 is 13.9 Å². The molecular weight excluding hydrogens is 441 g/mol. The lowest BCUT2D eigenvalue weighted by atomic mass is 9.92. The Balaban J connectivity index is 1.85. The summed E-state index contributed by atoms with van der Waals surface area (Å²) >= 11 is 0. The highest BCUT2D eigenvalue weighted by Crippen LogP contribution is 2.40. The minimum Gasteiger partial charge on any atom is -0.484 e. The normalized spacial score (nSPS) is 12.7. The number of halogens is 1. The number of pyridine rings is 1. The Labute approximate surface area is 204 Å². The summed E-state index contributed by atoms with van der Waals surface area (Å²) in [6, 6.07) is 25.1. The minimum atomic E-state index is -0.484. The van der Waals surface area contributed by atoms with Gasteiger partial charge in [-0.1, -0.05) is 30.3 Å². The summed E-state index contributed by atoms with van der Waals surface area (Å²) in [5.74, 6) is 0.304. The third kappa shape index (κ3) is 5.71. The van der Waals surface area contributed by atoms with Crippen molar-refractivity contribution in [3.63, 3.8) is 0 Å². The average molecular weight is 468 g/mol. The lowest BCUT2D eigenvalue weighted by molar-refractivity contribution is -0.108. The summed E-state index contributed by atoms with van der Waals surface area (Å²) in [6.45, 7) is 0.650. The van der Waals surface area contributed by atoms with E-state index in [1.54, 1.807) is 42.6 Å². The number of para-hydroxylation sites is 1. The molecule has 4 aromatic rings. The second-order valence-electron chi connectivity index (χ2n) is 8.38. The van der Waals surface area contributed by atoms with E-state index in [0.29, 0.717) is 30.7 Å². The van der Waals surface area contributed by atoms with E-state index < -0.39 is 6.10 Å². The van der Waals surface area contributed by atoms with E-state index in [-0.39, 0.29) is 11.9 Å². The summed E-state index contributed by atoms with van der Waals surface area (Å²) in [4.78, 5) is 17.6. The number of nitriles is 1. The molecule has 0 radical (unpaired) electrons. The van der Waals surface area contributed by atoms with Gasteiger partial charge in [-0.15, -0.1) is 0 Å². The van der Waals surface area contributed by atoms with Crippen LogP contribution in [-0.2, 0) is 4.79 Å². The number of unbranched alkanes of at least 4 members (excludes halogenated alkanes) is 1. The summed E-state index contributed by atoms with van der Waals surface area (Å²) in [6.07, 6.45) is 3.35. The summed E-state index contributed by atoms with van der Waals surface area (Å²) in [5.41, 5.74) is 3.22. The molecule has 0 saturated heterocycles. The smallest absolute Gasteiger partial charge is 0.144 e. The molecule has 0 bridgehead atoms. The van der Waals surface area contributed by atoms with Gasteiger partial charge in [0.25, 0.3) is 0 Å². The molecule has 0 saturated carbocycles. The molecule has 0 amide bonds. The second-order valence-corrected chi connectivity index (χ2v) is 8.38. The van der Waals surface area contributed by atoms with Crippen LogP contribution in [0.15, 0.2) is 85.1 Å². The second kappa shape index (κ2) is 11.4. The fraction of sp³-hybridized carbons (Fsp3) is 0.207. The lowest BCUT2D eigenvalue weighted by Crippen LogP contribution is -2.33. The molecule has 0 aliphatic rings. The third-order valence-corrected chi connectivity index (χ3v) is 6.04. The van der Waals surface area contributed by atoms with Crippen molar-refractivity contribution in [3.05, 3.63) is 108 Å². The lowest BCUT2D eigenvalue weighted by Gasteiger charge is -2.36. The zero-order chi connectivity index (χ0) is 24.6. The van der Waals surface area contributed by atoms with Crippen LogP contribution in [0.1, 0.15) is 41.7 Å². The zero-order valence-electron chi connectivity index (χ0n) is 19.5. The molecule has 5 nitrogen and oxygen atoms in total. The van der Waals surface area contributed by atoms with Crippen LogP contribution in [0.2, 0.25) is 0 Å². The molecule has 2 atom stereocenters. The van der Waals surface area contributed by atoms with Crippen LogP contribution in [0, 0.1) is 17.1 Å². The van der Waals surface area contributed by atoms with Gasteiger partial charge < -0.3 is 9.53 Å². The molecule has 1 heterocycles. The van der Waals surface area contributed by atoms with Crippen LogP contribution in [0.4, 0.5) is 4.39 Å². The Kier molecular flexibility index (Phi) is 7.81. The van der Waals surface area contributed by atoms with Crippen LogP contribution in [0.3, 0.4) is 0 Å². The number of carbonyl (C=O) groups is 1. The number of hydrogen-bond acceptors (Lipinski definition) is 5. The first kappa shape index (κ1) is 24.1. The number of aldehydes is 1. The first-order valence-electron chi connectivity index (χ1n) is 11.5. The molecule has 1 aromatic heterocycles. The minimum absolute atomic E-state index is 0.288. The van der Waals surface area contributed by atoms with Crippen LogP contribution in [0.25, 0.3) is 10.9 Å². The van der Waals surface area contributed by atoms with E-state index in [0.717, 1.165) is 28.3 Å². The molecule has 0 fully saturated rings. The van der Waals surface area contributed by atoms with Gasteiger partial charge in [0.1, 0.15) is 24.0 Å². The fourth-order valence-corrected chi connectivity index (χ4v) is 4.30. The maximum Gasteiger partial charge on any atom is 0.144 e. The van der Waals surface area contributed by atoms with Gasteiger partial charge in [0, 0.05) is 23.6 Å². The highest BCUT2D eigenvalue weighted by molar-refractivity contribution is 5.82. The van der Waals surface area contributed by atoms with Gasteiger partial charge in [-0.05, 0) is 74.1 Å². The summed E-state index contributed by atoms with van der Waals surface area (Å²) < 4.78 is 20.5. The molecule has 35 heavy (non-hydrogen) atoms. The zero-order valence-corrected chi connectivity index (χ0v) is 19.5. The number of rotatable bonds is 10. The standard InChI is InChI=1S/C29H26FN3O2/c1-33(18-4-5-19-34)28(22-10-12-23(30)13-11-22)29(35-24-14-8-21(20-31)9-15-24)26-16-17-32-27-7-3-2-6-25(26)27/h2-3,6-17,19,28-29H,4-5,18H2,1H3/t28-,29-/m0/s1. The number of carbonyl (C=O) groups excluding carboxylic acids is 1. The molecule has 0 aliphatic heterocycles. The summed E-state index contributed by atoms with van der Waals surface area (Å²) in [7, 11) is 1.98. The maximum absolute atomic E-state index is 13.8. The molecule has 0 unspecified atom stereocenters. The SMILES string of the molecule is CN(CCCC=O)[C@@H](c1ccc(F)cc1)[C@@H](Oc1ccc(C#N)cc1)c1ccnc2ccccc12. The Morgan fingerprint density at radius 1 is 1.06 bits per heavy atom. The molecule has 4 rings (SSSR count). The molecule has 0 N–H and O–H groups in total. The molecular formula is C29H26FN3O2. The Hall–Kier alpha value is -4.08. The van der Waals surface area contributed by atoms with Gasteiger partial charge in [-0.25, -0.2) is 4.39 Å². The van der Waals surface area contributed by atoms with E-state index >= 15 is 0 Å². The molecule has 0 aliphatic carbocycles. The van der Waals surface area contributed by atoms with Crippen LogP contribution in [-0.4, -0.2) is 29.8 Å². The van der Waals surface area contributed by atoms with Crippen molar-refractivity contribution in [2.45, 2.75) is 25.0 Å². The topological polar surface area (TPSA) is 66.2 Å². The fourth-order valence-electron chi connectivity index (χ4n) is 4.30. The number of nitrogens with zero attached hydrogens (tertiary/aromatic N) is 3. The number of hydrogen-bond donors (Lipinski definition) is 0. The van der Waals surface area contributed by atoms with Crippen molar-refractivity contribution in [2.24, 2.45) is 0 Å². The molecule has 176 valence electrons. The van der Waals surface area contributed by atoms with E-state index in [2.05, 4.69) is 16.0 Å². The van der Waals surface area contributed by atoms with Crippen LogP contribution >= 0.6 is 0 Å². The highest BCUT2D eigenvalue weighted by atomic mass is 19.1. The van der Waals surface area contributed by atoms with E-state index in [4.69, 9.17) is 4.74 Å². The van der Waals surface area contributed by atoms with E-state index in [9.17, 15) is 14.4 Å². The average Bonchev–Trinajstić information content (AvgIpc) is 2.89. The highest BCUT2D eigenvalue weighted by Gasteiger charge is 2.31. The first-order chi connectivity index (χ1) is 17.1. The third-order valence-electron chi connectivity index (χ3n) is 6.04. The monoisotopic (exact) mass is 467 g/mol. The van der Waals surface area contributed by atoms with Gasteiger partial charge in [-0.2, -0.15) is 5.26 Å². The van der Waals surface area contributed by atoms with Crippen molar-refractivity contribution in [1.29, 1.82) is 5.26 Å². The number of benzene rings is 3.